The summed E-state index contributed by atoms with van der Waals surface area (Å²) in [5.41, 5.74) is 4.17. The Kier molecular flexibility index (Phi) is 4.62. The average molecular weight is 304 g/mol. The van der Waals surface area contributed by atoms with Crippen LogP contribution >= 0.6 is 12.6 Å². The van der Waals surface area contributed by atoms with Crippen molar-refractivity contribution in [3.05, 3.63) is 40.4 Å². The van der Waals surface area contributed by atoms with E-state index < -0.39 is 0 Å². The summed E-state index contributed by atoms with van der Waals surface area (Å²) in [7, 11) is -0.327. The molecule has 114 valence electrons. The molecule has 0 saturated carbocycles. The summed E-state index contributed by atoms with van der Waals surface area (Å²) < 4.78 is 12.3. The van der Waals surface area contributed by atoms with Crippen LogP contribution in [-0.4, -0.2) is 24.1 Å². The van der Waals surface area contributed by atoms with Gasteiger partial charge >= 0.3 is 7.12 Å². The van der Waals surface area contributed by atoms with Gasteiger partial charge < -0.3 is 9.31 Å². The highest BCUT2D eigenvalue weighted by atomic mass is 32.1. The molecule has 0 spiro atoms. The quantitative estimate of drug-likeness (QED) is 0.665. The van der Waals surface area contributed by atoms with E-state index in [2.05, 4.69) is 78.4 Å². The Balaban J connectivity index is 2.36. The molecule has 21 heavy (non-hydrogen) atoms. The molecule has 1 aliphatic heterocycles. The molecule has 0 unspecified atom stereocenters. The van der Waals surface area contributed by atoms with Crippen LogP contribution in [-0.2, 0) is 9.31 Å². The molecule has 0 amide bonds. The minimum absolute atomic E-state index is 0.319. The molecular formula is C17H25BO2S. The third-order valence-corrected chi connectivity index (χ3v) is 4.98. The first-order valence-electron chi connectivity index (χ1n) is 7.41. The highest BCUT2D eigenvalue weighted by Crippen LogP contribution is 2.39. The van der Waals surface area contributed by atoms with Gasteiger partial charge in [0, 0.05) is 5.75 Å². The van der Waals surface area contributed by atoms with E-state index in [1.165, 1.54) is 16.7 Å². The van der Waals surface area contributed by atoms with E-state index >= 15 is 0 Å². The van der Waals surface area contributed by atoms with Gasteiger partial charge in [-0.1, -0.05) is 24.3 Å². The lowest BCUT2D eigenvalue weighted by Crippen LogP contribution is -2.41. The monoisotopic (exact) mass is 304 g/mol. The fourth-order valence-electron chi connectivity index (χ4n) is 2.42. The minimum atomic E-state index is -0.327. The molecule has 0 bridgehead atoms. The van der Waals surface area contributed by atoms with Crippen LogP contribution in [0.4, 0.5) is 0 Å². The molecule has 4 heteroatoms. The third kappa shape index (κ3) is 3.23. The maximum absolute atomic E-state index is 6.13. The van der Waals surface area contributed by atoms with Crippen LogP contribution in [0.2, 0.25) is 0 Å². The Morgan fingerprint density at radius 2 is 1.57 bits per heavy atom. The molecule has 1 aromatic carbocycles. The molecule has 1 heterocycles. The van der Waals surface area contributed by atoms with Crippen molar-refractivity contribution in [2.24, 2.45) is 0 Å². The minimum Gasteiger partial charge on any atom is -0.400 e. The van der Waals surface area contributed by atoms with Gasteiger partial charge in [-0.2, -0.15) is 12.6 Å². The van der Waals surface area contributed by atoms with Crippen LogP contribution in [0.5, 0.6) is 0 Å². The van der Waals surface area contributed by atoms with Crippen molar-refractivity contribution in [1.82, 2.24) is 0 Å². The van der Waals surface area contributed by atoms with Crippen molar-refractivity contribution >= 4 is 25.8 Å². The summed E-state index contributed by atoms with van der Waals surface area (Å²) in [4.78, 5) is 0. The summed E-state index contributed by atoms with van der Waals surface area (Å²) in [5.74, 6) is 0.616. The lowest BCUT2D eigenvalue weighted by molar-refractivity contribution is 0.00578. The molecule has 2 nitrogen and oxygen atoms in total. The molecule has 1 fully saturated rings. The SMILES string of the molecule is Cc1cccc(C)c1C=C(CS)B1OC(C)(C)C(C)(C)O1. The number of rotatable bonds is 3. The van der Waals surface area contributed by atoms with Crippen LogP contribution in [0.25, 0.3) is 6.08 Å². The van der Waals surface area contributed by atoms with Crippen LogP contribution in [0.15, 0.2) is 23.7 Å². The van der Waals surface area contributed by atoms with Crippen molar-refractivity contribution in [2.75, 3.05) is 5.75 Å². The van der Waals surface area contributed by atoms with E-state index in [0.717, 1.165) is 5.47 Å². The highest BCUT2D eigenvalue weighted by molar-refractivity contribution is 7.80. The molecule has 2 rings (SSSR count). The van der Waals surface area contributed by atoms with E-state index in [1.807, 2.05) is 0 Å². The summed E-state index contributed by atoms with van der Waals surface area (Å²) in [6.07, 6.45) is 2.17. The van der Waals surface area contributed by atoms with Gasteiger partial charge in [-0.25, -0.2) is 0 Å². The number of hydrogen-bond donors (Lipinski definition) is 1. The Morgan fingerprint density at radius 3 is 2.00 bits per heavy atom. The highest BCUT2D eigenvalue weighted by Gasteiger charge is 2.52. The van der Waals surface area contributed by atoms with Crippen LogP contribution in [0.1, 0.15) is 44.4 Å². The Bertz CT molecular complexity index is 528. The Morgan fingerprint density at radius 1 is 1.10 bits per heavy atom. The topological polar surface area (TPSA) is 18.5 Å². The fraction of sp³-hybridized carbons (Fsp3) is 0.529. The average Bonchev–Trinajstić information content (AvgIpc) is 2.58. The van der Waals surface area contributed by atoms with E-state index in [0.29, 0.717) is 5.75 Å². The van der Waals surface area contributed by atoms with E-state index in [9.17, 15) is 0 Å². The molecule has 1 aliphatic rings. The zero-order valence-corrected chi connectivity index (χ0v) is 14.8. The Labute approximate surface area is 134 Å². The maximum Gasteiger partial charge on any atom is 0.491 e. The second-order valence-corrected chi connectivity index (χ2v) is 7.09. The van der Waals surface area contributed by atoms with Crippen molar-refractivity contribution in [1.29, 1.82) is 0 Å². The van der Waals surface area contributed by atoms with Crippen molar-refractivity contribution < 1.29 is 9.31 Å². The smallest absolute Gasteiger partial charge is 0.400 e. The first-order chi connectivity index (χ1) is 9.68. The summed E-state index contributed by atoms with van der Waals surface area (Å²) in [6.45, 7) is 12.5. The van der Waals surface area contributed by atoms with Crippen LogP contribution in [0, 0.1) is 13.8 Å². The van der Waals surface area contributed by atoms with Gasteiger partial charge in [0.1, 0.15) is 0 Å². The van der Waals surface area contributed by atoms with E-state index in [1.54, 1.807) is 0 Å². The van der Waals surface area contributed by atoms with Gasteiger partial charge in [-0.3, -0.25) is 0 Å². The second kappa shape index (κ2) is 5.83. The van der Waals surface area contributed by atoms with Crippen LogP contribution < -0.4 is 0 Å². The number of aryl methyl sites for hydroxylation is 2. The van der Waals surface area contributed by atoms with Crippen molar-refractivity contribution in [2.45, 2.75) is 52.7 Å². The molecule has 0 aliphatic carbocycles. The fourth-order valence-corrected chi connectivity index (χ4v) is 2.66. The number of hydrogen-bond acceptors (Lipinski definition) is 3. The van der Waals surface area contributed by atoms with Gasteiger partial charge in [0.2, 0.25) is 0 Å². The normalized spacial score (nSPS) is 20.9. The number of benzene rings is 1. The summed E-state index contributed by atoms with van der Waals surface area (Å²) >= 11 is 4.47. The number of thiol groups is 1. The maximum atomic E-state index is 6.13. The zero-order chi connectivity index (χ0) is 15.8. The first kappa shape index (κ1) is 16.7. The van der Waals surface area contributed by atoms with Crippen LogP contribution in [0.3, 0.4) is 0 Å². The molecule has 0 aromatic heterocycles. The van der Waals surface area contributed by atoms with Crippen molar-refractivity contribution in [3.8, 4) is 0 Å². The lowest BCUT2D eigenvalue weighted by atomic mass is 9.77. The molecule has 1 aromatic rings. The lowest BCUT2D eigenvalue weighted by Gasteiger charge is -2.32. The van der Waals surface area contributed by atoms with E-state index in [-0.39, 0.29) is 18.3 Å². The third-order valence-electron chi connectivity index (χ3n) is 4.61. The van der Waals surface area contributed by atoms with Gasteiger partial charge in [0.05, 0.1) is 11.2 Å². The molecule has 1 saturated heterocycles. The summed E-state index contributed by atoms with van der Waals surface area (Å²) in [5, 5.41) is 0. The summed E-state index contributed by atoms with van der Waals surface area (Å²) in [6, 6.07) is 6.33. The molecule has 0 atom stereocenters. The van der Waals surface area contributed by atoms with E-state index in [4.69, 9.17) is 9.31 Å². The largest absolute Gasteiger partial charge is 0.491 e. The molecule has 0 N–H and O–H groups in total. The van der Waals surface area contributed by atoms with Gasteiger partial charge in [-0.15, -0.1) is 0 Å². The molecule has 0 radical (unpaired) electrons. The molecular weight excluding hydrogens is 279 g/mol. The predicted molar refractivity (Wildman–Crippen MR) is 93.8 cm³/mol. The van der Waals surface area contributed by atoms with Gasteiger partial charge in [-0.05, 0) is 63.7 Å². The van der Waals surface area contributed by atoms with Gasteiger partial charge in [0.15, 0.2) is 0 Å². The zero-order valence-electron chi connectivity index (χ0n) is 13.9. The first-order valence-corrected chi connectivity index (χ1v) is 8.04. The van der Waals surface area contributed by atoms with Gasteiger partial charge in [0.25, 0.3) is 0 Å². The second-order valence-electron chi connectivity index (χ2n) is 6.77. The standard InChI is InChI=1S/C17H25BO2S/c1-12-8-7-9-13(2)15(12)10-14(11-21)18-19-16(3,4)17(5,6)20-18/h7-10,21H,11H2,1-6H3. The Hall–Kier alpha value is -0.705. The van der Waals surface area contributed by atoms with Crippen molar-refractivity contribution in [3.63, 3.8) is 0 Å². The predicted octanol–water partition coefficient (Wildman–Crippen LogP) is 4.25.